The summed E-state index contributed by atoms with van der Waals surface area (Å²) in [5.74, 6) is -2.88. The second kappa shape index (κ2) is 34.1. The minimum atomic E-state index is -1.95. The number of H-pyrrole nitrogens is 1. The number of methoxy groups -OCH3 is 4. The number of para-hydroxylation sites is 1. The Morgan fingerprint density at radius 3 is 1.84 bits per heavy atom. The number of fused-ring (bicyclic) bond motifs is 1. The number of carbonyl (C=O) groups is 6. The molecule has 0 radical (unpaired) electrons. The van der Waals surface area contributed by atoms with Crippen LogP contribution in [0.2, 0.25) is 0 Å². The lowest BCUT2D eigenvalue weighted by molar-refractivity contribution is -0.289. The van der Waals surface area contributed by atoms with Gasteiger partial charge in [-0.1, -0.05) is 72.8 Å². The molecule has 3 aliphatic rings. The van der Waals surface area contributed by atoms with Gasteiger partial charge >= 0.3 is 30.0 Å². The molecule has 2 fully saturated rings. The van der Waals surface area contributed by atoms with Crippen molar-refractivity contribution in [2.75, 3.05) is 54.7 Å². The van der Waals surface area contributed by atoms with Gasteiger partial charge in [0, 0.05) is 82.4 Å². The zero-order chi connectivity index (χ0) is 67.6. The molecule has 8 rings (SSSR count). The molecule has 11 atom stereocenters. The molecule has 1 aromatic heterocycles. The van der Waals surface area contributed by atoms with E-state index < -0.39 is 112 Å². The molecule has 5 aromatic rings. The first kappa shape index (κ1) is 72.1. The fraction of sp³-hybridized carbons (Fsp3) is 0.500. The lowest BCUT2D eigenvalue weighted by Crippen LogP contribution is -2.64. The Morgan fingerprint density at radius 1 is 0.670 bits per heavy atom. The average molecular weight is 1330 g/mol. The van der Waals surface area contributed by atoms with E-state index in [4.69, 9.17) is 61.2 Å². The van der Waals surface area contributed by atoms with Crippen LogP contribution in [0.15, 0.2) is 122 Å². The Labute approximate surface area is 549 Å². The van der Waals surface area contributed by atoms with E-state index in [1.54, 1.807) is 14.2 Å². The fourth-order valence-electron chi connectivity index (χ4n) is 12.0. The SMILES string of the molecule is COC(=O)C1OC(OC(=O)N(CCCCCOP(OC2C(OC)[C@H](N3C=CC(=O)NC3O)O[C@@H]2COC(c2ccccc2)(c2ccc(OC)cc2)c2ccc(OC)cc2)N(C(C)C)C(C)C)CCCCc2c[nH]c3ccccc23)C(OC(C)=O)C(OC(C)=O)C1OC(C)=O. The van der Waals surface area contributed by atoms with E-state index in [1.807, 2.05) is 137 Å². The molecule has 0 spiro atoms. The van der Waals surface area contributed by atoms with Gasteiger partial charge in [-0.3, -0.25) is 19.2 Å². The minimum Gasteiger partial charge on any atom is -0.497 e. The Kier molecular flexibility index (Phi) is 26.2. The number of hydrogen-bond donors (Lipinski definition) is 3. The van der Waals surface area contributed by atoms with Crippen molar-refractivity contribution in [1.82, 2.24) is 24.8 Å². The van der Waals surface area contributed by atoms with Crippen LogP contribution in [0, 0.1) is 0 Å². The molecule has 2 amide bonds. The van der Waals surface area contributed by atoms with E-state index in [9.17, 15) is 33.9 Å². The Morgan fingerprint density at radius 2 is 1.26 bits per heavy atom. The third kappa shape index (κ3) is 17.8. The minimum absolute atomic E-state index is 0.0956. The maximum atomic E-state index is 14.6. The molecule has 26 heteroatoms. The van der Waals surface area contributed by atoms with Gasteiger partial charge in [0.25, 0.3) is 8.53 Å². The average Bonchev–Trinajstić information content (AvgIpc) is 0.886. The van der Waals surface area contributed by atoms with Gasteiger partial charge in [0.2, 0.25) is 24.7 Å². The van der Waals surface area contributed by atoms with Gasteiger partial charge in [-0.15, -0.1) is 0 Å². The fourth-order valence-corrected chi connectivity index (χ4v) is 13.8. The normalized spacial score (nSPS) is 22.4. The van der Waals surface area contributed by atoms with Crippen molar-refractivity contribution in [2.45, 2.75) is 166 Å². The highest BCUT2D eigenvalue weighted by atomic mass is 31.2. The van der Waals surface area contributed by atoms with Gasteiger partial charge in [-0.2, -0.15) is 0 Å². The van der Waals surface area contributed by atoms with E-state index in [0.29, 0.717) is 50.0 Å². The van der Waals surface area contributed by atoms with Crippen molar-refractivity contribution < 1.29 is 95.0 Å². The second-order valence-corrected chi connectivity index (χ2v) is 24.8. The highest BCUT2D eigenvalue weighted by molar-refractivity contribution is 7.44. The molecule has 0 aliphatic carbocycles. The van der Waals surface area contributed by atoms with Crippen LogP contribution < -0.4 is 14.8 Å². The number of esters is 4. The van der Waals surface area contributed by atoms with E-state index in [0.717, 1.165) is 61.0 Å². The molecule has 4 aromatic carbocycles. The highest BCUT2D eigenvalue weighted by Gasteiger charge is 2.57. The van der Waals surface area contributed by atoms with Gasteiger partial charge in [0.05, 0.1) is 34.5 Å². The number of carbonyl (C=O) groups excluding carboxylic acids is 6. The van der Waals surface area contributed by atoms with Crippen molar-refractivity contribution in [1.29, 1.82) is 0 Å². The summed E-state index contributed by atoms with van der Waals surface area (Å²) in [4.78, 5) is 84.2. The summed E-state index contributed by atoms with van der Waals surface area (Å²) < 4.78 is 81.6. The Balaban J connectivity index is 1.04. The van der Waals surface area contributed by atoms with Crippen molar-refractivity contribution in [3.05, 3.63) is 144 Å². The number of amides is 2. The first-order valence-electron chi connectivity index (χ1n) is 31.5. The van der Waals surface area contributed by atoms with Crippen molar-refractivity contribution in [3.8, 4) is 11.5 Å². The van der Waals surface area contributed by atoms with Crippen LogP contribution in [0.1, 0.15) is 103 Å². The molecule has 9 unspecified atom stereocenters. The molecular weight excluding hydrogens is 1240 g/mol. The monoisotopic (exact) mass is 1330 g/mol. The van der Waals surface area contributed by atoms with Gasteiger partial charge in [0.15, 0.2) is 24.5 Å². The number of nitrogens with one attached hydrogen (secondary N) is 2. The van der Waals surface area contributed by atoms with E-state index in [1.165, 1.54) is 29.2 Å². The van der Waals surface area contributed by atoms with Crippen LogP contribution in [0.3, 0.4) is 0 Å². The standard InChI is InChI=1S/C68H88N5O20P/c1-42(2)73(43(3)4)94(93-57-55(90-63(60(57)83-10)72-38-35-56(77)70-66(72)79)41-85-68(48-23-14-12-15-24-48,49-27-31-51(81-8)32-28-49)50-29-33-52(82-9)34-30-50)86-39-21-13-19-36-71(37-20-18-22-47-40-69-54-26-17-16-25-53(47)54)67(80)92-65-62(89-46(7)76)59(88-45(6)75)58(87-44(5)74)61(91-65)64(78)84-11/h12,14-17,23-35,38,40,42-43,55,57-63,65-66,69,79H,13,18-22,36-37,39,41H2,1-11H3,(H,70,77)/t55-,57?,58?,59?,60?,61?,62?,63-,65?,66?,94?/m1/s1. The molecule has 4 heterocycles. The van der Waals surface area contributed by atoms with Crippen LogP contribution in [0.5, 0.6) is 11.5 Å². The molecule has 0 saturated carbocycles. The van der Waals surface area contributed by atoms with Crippen LogP contribution in [0.4, 0.5) is 4.79 Å². The van der Waals surface area contributed by atoms with Crippen LogP contribution in [-0.2, 0) is 87.7 Å². The van der Waals surface area contributed by atoms with E-state index >= 15 is 0 Å². The van der Waals surface area contributed by atoms with E-state index in [-0.39, 0.29) is 38.4 Å². The maximum absolute atomic E-state index is 14.6. The summed E-state index contributed by atoms with van der Waals surface area (Å²) >= 11 is 0. The van der Waals surface area contributed by atoms with Gasteiger partial charge < -0.3 is 86.4 Å². The van der Waals surface area contributed by atoms with Crippen molar-refractivity contribution in [2.24, 2.45) is 0 Å². The molecule has 510 valence electrons. The number of benzene rings is 4. The second-order valence-electron chi connectivity index (χ2n) is 23.4. The molecule has 25 nitrogen and oxygen atoms in total. The zero-order valence-electron chi connectivity index (χ0n) is 55.0. The van der Waals surface area contributed by atoms with Crippen LogP contribution >= 0.6 is 8.53 Å². The third-order valence-corrected chi connectivity index (χ3v) is 18.4. The molecule has 94 heavy (non-hydrogen) atoms. The molecule has 3 N–H and O–H groups in total. The number of hydrogen-bond acceptors (Lipinski definition) is 22. The predicted octanol–water partition coefficient (Wildman–Crippen LogP) is 8.53. The van der Waals surface area contributed by atoms with Gasteiger partial charge in [-0.05, 0) is 119 Å². The summed E-state index contributed by atoms with van der Waals surface area (Å²) in [6.45, 7) is 11.9. The first-order valence-corrected chi connectivity index (χ1v) is 32.6. The summed E-state index contributed by atoms with van der Waals surface area (Å²) in [5.41, 5.74) is 3.21. The summed E-state index contributed by atoms with van der Waals surface area (Å²) in [6, 6.07) is 32.9. The number of ether oxygens (including phenoxy) is 11. The highest BCUT2D eigenvalue weighted by Crippen LogP contribution is 2.51. The Bertz CT molecular complexity index is 3260. The zero-order valence-corrected chi connectivity index (χ0v) is 55.9. The topological polar surface area (TPSA) is 280 Å². The number of nitrogens with zero attached hydrogens (tertiary/aromatic N) is 3. The van der Waals surface area contributed by atoms with Crippen molar-refractivity contribution in [3.63, 3.8) is 0 Å². The lowest BCUT2D eigenvalue weighted by atomic mass is 9.80. The third-order valence-electron chi connectivity index (χ3n) is 16.3. The number of aromatic amines is 1. The van der Waals surface area contributed by atoms with Crippen LogP contribution in [-0.4, -0.2) is 189 Å². The molecule has 2 saturated heterocycles. The predicted molar refractivity (Wildman–Crippen MR) is 343 cm³/mol. The number of aromatic nitrogens is 1. The lowest BCUT2D eigenvalue weighted by Gasteiger charge is -2.43. The smallest absolute Gasteiger partial charge is 0.412 e. The molecule has 0 bridgehead atoms. The quantitative estimate of drug-likeness (QED) is 0.0120. The summed E-state index contributed by atoms with van der Waals surface area (Å²) in [7, 11) is 3.85. The molecule has 3 aliphatic heterocycles. The number of aliphatic hydroxyl groups excluding tert-OH is 1. The number of aryl methyl sites for hydroxylation is 1. The Hall–Kier alpha value is -7.71. The van der Waals surface area contributed by atoms with Crippen molar-refractivity contribution >= 4 is 55.3 Å². The largest absolute Gasteiger partial charge is 0.497 e. The number of aliphatic hydroxyl groups is 1. The summed E-state index contributed by atoms with van der Waals surface area (Å²) in [6.07, 6.45) is -6.65. The summed E-state index contributed by atoms with van der Waals surface area (Å²) in [5, 5.41) is 15.0. The molecular formula is C68H88N5O20P. The van der Waals surface area contributed by atoms with Gasteiger partial charge in [0.1, 0.15) is 35.4 Å². The number of unbranched alkanes of at least 4 members (excludes halogenated alkanes) is 3. The van der Waals surface area contributed by atoms with E-state index in [2.05, 4.69) is 15.0 Å². The van der Waals surface area contributed by atoms with Crippen LogP contribution in [0.25, 0.3) is 10.9 Å². The first-order chi connectivity index (χ1) is 45.2. The number of rotatable bonds is 32. The maximum Gasteiger partial charge on any atom is 0.412 e. The van der Waals surface area contributed by atoms with Gasteiger partial charge in [-0.25, -0.2) is 14.3 Å².